The maximum atomic E-state index is 11.2. The van der Waals surface area contributed by atoms with Crippen LogP contribution in [0.3, 0.4) is 0 Å². The minimum absolute atomic E-state index is 0.0190. The van der Waals surface area contributed by atoms with Gasteiger partial charge in [-0.25, -0.2) is 0 Å². The highest BCUT2D eigenvalue weighted by Gasteiger charge is 2.05. The Balaban J connectivity index is 2.53. The summed E-state index contributed by atoms with van der Waals surface area (Å²) in [7, 11) is 0. The predicted octanol–water partition coefficient (Wildman–Crippen LogP) is 0.779. The van der Waals surface area contributed by atoms with Crippen LogP contribution in [0.2, 0.25) is 0 Å². The second-order valence-corrected chi connectivity index (χ2v) is 3.54. The second-order valence-electron chi connectivity index (χ2n) is 2.43. The molecule has 2 N–H and O–H groups in total. The quantitative estimate of drug-likeness (QED) is 0.731. The Kier molecular flexibility index (Phi) is 3.25. The normalized spacial score (nSPS) is 9.83. The molecule has 0 bridgehead atoms. The van der Waals surface area contributed by atoms with Crippen LogP contribution in [0, 0.1) is 6.92 Å². The second kappa shape index (κ2) is 4.23. The third kappa shape index (κ3) is 2.32. The molecular formula is C8H11NO2S. The summed E-state index contributed by atoms with van der Waals surface area (Å²) in [6.07, 6.45) is 0. The number of hydrogen-bond donors (Lipinski definition) is 2. The molecule has 1 rings (SSSR count). The predicted molar refractivity (Wildman–Crippen MR) is 48.5 cm³/mol. The average molecular weight is 185 g/mol. The number of rotatable bonds is 3. The molecule has 0 atom stereocenters. The van der Waals surface area contributed by atoms with Gasteiger partial charge in [-0.1, -0.05) is 0 Å². The summed E-state index contributed by atoms with van der Waals surface area (Å²) in [6, 6.07) is 1.83. The average Bonchev–Trinajstić information content (AvgIpc) is 2.47. The third-order valence-electron chi connectivity index (χ3n) is 1.39. The van der Waals surface area contributed by atoms with E-state index in [1.54, 1.807) is 11.3 Å². The van der Waals surface area contributed by atoms with Crippen LogP contribution >= 0.6 is 11.3 Å². The standard InChI is InChI=1S/C8H11NO2S/c1-6-4-7(5-12-6)8(11)9-2-3-10/h4-5,10H,2-3H2,1H3,(H,9,11). The lowest BCUT2D eigenvalue weighted by Gasteiger charge is -1.98. The Morgan fingerprint density at radius 2 is 2.50 bits per heavy atom. The molecule has 66 valence electrons. The highest BCUT2D eigenvalue weighted by Crippen LogP contribution is 2.12. The molecule has 0 aliphatic rings. The van der Waals surface area contributed by atoms with E-state index in [-0.39, 0.29) is 12.5 Å². The van der Waals surface area contributed by atoms with Crippen LogP contribution < -0.4 is 5.32 Å². The number of nitrogens with one attached hydrogen (secondary N) is 1. The van der Waals surface area contributed by atoms with Crippen LogP contribution in [0.4, 0.5) is 0 Å². The van der Waals surface area contributed by atoms with Gasteiger partial charge in [0.15, 0.2) is 0 Å². The summed E-state index contributed by atoms with van der Waals surface area (Å²) in [5, 5.41) is 12.8. The zero-order valence-electron chi connectivity index (χ0n) is 6.83. The van der Waals surface area contributed by atoms with Gasteiger partial charge in [-0.15, -0.1) is 11.3 Å². The third-order valence-corrected chi connectivity index (χ3v) is 2.25. The summed E-state index contributed by atoms with van der Waals surface area (Å²) < 4.78 is 0. The minimum atomic E-state index is -0.117. The molecule has 0 saturated heterocycles. The number of thiophene rings is 1. The lowest BCUT2D eigenvalue weighted by Crippen LogP contribution is -2.25. The van der Waals surface area contributed by atoms with Gasteiger partial charge in [0.1, 0.15) is 0 Å². The van der Waals surface area contributed by atoms with Gasteiger partial charge < -0.3 is 10.4 Å². The number of carbonyl (C=O) groups excluding carboxylic acids is 1. The maximum absolute atomic E-state index is 11.2. The maximum Gasteiger partial charge on any atom is 0.252 e. The molecule has 4 heteroatoms. The first-order chi connectivity index (χ1) is 5.74. The molecule has 1 aromatic heterocycles. The first-order valence-corrected chi connectivity index (χ1v) is 4.56. The lowest BCUT2D eigenvalue weighted by molar-refractivity contribution is 0.0945. The highest BCUT2D eigenvalue weighted by atomic mass is 32.1. The van der Waals surface area contributed by atoms with Crippen molar-refractivity contribution in [1.82, 2.24) is 5.32 Å². The van der Waals surface area contributed by atoms with Crippen LogP contribution in [0.15, 0.2) is 11.4 Å². The monoisotopic (exact) mass is 185 g/mol. The first-order valence-electron chi connectivity index (χ1n) is 3.68. The number of aliphatic hydroxyl groups excluding tert-OH is 1. The number of aliphatic hydroxyl groups is 1. The Bertz CT molecular complexity index is 270. The molecule has 0 unspecified atom stereocenters. The van der Waals surface area contributed by atoms with Gasteiger partial charge in [-0.3, -0.25) is 4.79 Å². The van der Waals surface area contributed by atoms with Crippen molar-refractivity contribution in [1.29, 1.82) is 0 Å². The number of hydrogen-bond acceptors (Lipinski definition) is 3. The van der Waals surface area contributed by atoms with Crippen molar-refractivity contribution in [3.63, 3.8) is 0 Å². The van der Waals surface area contributed by atoms with Gasteiger partial charge in [0, 0.05) is 16.8 Å². The van der Waals surface area contributed by atoms with E-state index in [0.717, 1.165) is 4.88 Å². The molecule has 1 heterocycles. The van der Waals surface area contributed by atoms with E-state index >= 15 is 0 Å². The van der Waals surface area contributed by atoms with Crippen molar-refractivity contribution in [2.45, 2.75) is 6.92 Å². The summed E-state index contributed by atoms with van der Waals surface area (Å²) in [5.41, 5.74) is 0.672. The van der Waals surface area contributed by atoms with Gasteiger partial charge in [0.05, 0.1) is 12.2 Å². The van der Waals surface area contributed by atoms with Crippen molar-refractivity contribution in [3.8, 4) is 0 Å². The molecule has 1 amide bonds. The number of amides is 1. The SMILES string of the molecule is Cc1cc(C(=O)NCCO)cs1. The first kappa shape index (κ1) is 9.22. The molecule has 0 aliphatic heterocycles. The van der Waals surface area contributed by atoms with E-state index in [0.29, 0.717) is 12.1 Å². The Morgan fingerprint density at radius 3 is 3.00 bits per heavy atom. The molecule has 12 heavy (non-hydrogen) atoms. The van der Waals surface area contributed by atoms with E-state index < -0.39 is 0 Å². The fourth-order valence-electron chi connectivity index (χ4n) is 0.834. The molecule has 0 saturated carbocycles. The van der Waals surface area contributed by atoms with Crippen LogP contribution in [0.1, 0.15) is 15.2 Å². The van der Waals surface area contributed by atoms with Gasteiger partial charge in [0.25, 0.3) is 5.91 Å². The zero-order valence-corrected chi connectivity index (χ0v) is 7.65. The van der Waals surface area contributed by atoms with Crippen molar-refractivity contribution in [3.05, 3.63) is 21.9 Å². The topological polar surface area (TPSA) is 49.3 Å². The van der Waals surface area contributed by atoms with Crippen molar-refractivity contribution in [2.24, 2.45) is 0 Å². The van der Waals surface area contributed by atoms with Gasteiger partial charge in [0.2, 0.25) is 0 Å². The fraction of sp³-hybridized carbons (Fsp3) is 0.375. The Morgan fingerprint density at radius 1 is 1.75 bits per heavy atom. The molecule has 0 fully saturated rings. The van der Waals surface area contributed by atoms with E-state index in [1.165, 1.54) is 0 Å². The lowest BCUT2D eigenvalue weighted by atomic mass is 10.3. The van der Waals surface area contributed by atoms with E-state index in [2.05, 4.69) is 5.32 Å². The van der Waals surface area contributed by atoms with Crippen molar-refractivity contribution in [2.75, 3.05) is 13.2 Å². The largest absolute Gasteiger partial charge is 0.395 e. The van der Waals surface area contributed by atoms with Gasteiger partial charge in [-0.2, -0.15) is 0 Å². The summed E-state index contributed by atoms with van der Waals surface area (Å²) in [6.45, 7) is 2.25. The van der Waals surface area contributed by atoms with E-state index in [4.69, 9.17) is 5.11 Å². The van der Waals surface area contributed by atoms with Crippen LogP contribution in [0.25, 0.3) is 0 Å². The molecule has 1 aromatic rings. The van der Waals surface area contributed by atoms with Gasteiger partial charge in [-0.05, 0) is 13.0 Å². The Labute approximate surface area is 75.0 Å². The number of aryl methyl sites for hydroxylation is 1. The van der Waals surface area contributed by atoms with Crippen LogP contribution in [-0.4, -0.2) is 24.2 Å². The Hall–Kier alpha value is -0.870. The van der Waals surface area contributed by atoms with Crippen molar-refractivity contribution < 1.29 is 9.90 Å². The van der Waals surface area contributed by atoms with E-state index in [9.17, 15) is 4.79 Å². The summed E-state index contributed by atoms with van der Waals surface area (Å²) in [5.74, 6) is -0.117. The summed E-state index contributed by atoms with van der Waals surface area (Å²) in [4.78, 5) is 12.3. The van der Waals surface area contributed by atoms with Crippen molar-refractivity contribution >= 4 is 17.2 Å². The number of carbonyl (C=O) groups is 1. The van der Waals surface area contributed by atoms with Gasteiger partial charge >= 0.3 is 0 Å². The fourth-order valence-corrected chi connectivity index (χ4v) is 1.52. The van der Waals surface area contributed by atoms with E-state index in [1.807, 2.05) is 18.4 Å². The summed E-state index contributed by atoms with van der Waals surface area (Å²) >= 11 is 1.54. The minimum Gasteiger partial charge on any atom is -0.395 e. The van der Waals surface area contributed by atoms with Crippen LogP contribution in [0.5, 0.6) is 0 Å². The molecule has 3 nitrogen and oxygen atoms in total. The van der Waals surface area contributed by atoms with Crippen LogP contribution in [-0.2, 0) is 0 Å². The molecular weight excluding hydrogens is 174 g/mol. The molecule has 0 aliphatic carbocycles. The smallest absolute Gasteiger partial charge is 0.252 e. The molecule has 0 radical (unpaired) electrons. The molecule has 0 spiro atoms. The molecule has 0 aromatic carbocycles. The highest BCUT2D eigenvalue weighted by molar-refractivity contribution is 7.10. The zero-order chi connectivity index (χ0) is 8.97.